The number of nitrogens with one attached hydrogen (secondary N) is 1. The van der Waals surface area contributed by atoms with Gasteiger partial charge in [-0.25, -0.2) is 0 Å². The molecule has 0 aromatic heterocycles. The van der Waals surface area contributed by atoms with Crippen LogP contribution in [0.4, 0.5) is 5.69 Å². The minimum atomic E-state index is 0.115. The Morgan fingerprint density at radius 3 is 2.29 bits per heavy atom. The summed E-state index contributed by atoms with van der Waals surface area (Å²) in [6.45, 7) is 4.90. The van der Waals surface area contributed by atoms with Crippen molar-refractivity contribution in [3.63, 3.8) is 0 Å². The summed E-state index contributed by atoms with van der Waals surface area (Å²) in [6.07, 6.45) is 5.13. The van der Waals surface area contributed by atoms with Crippen molar-refractivity contribution >= 4 is 11.6 Å². The number of likely N-dealkylation sites (N-methyl/N-ethyl adjacent to an activating group) is 1. The zero-order valence-corrected chi connectivity index (χ0v) is 13.9. The number of nitrogens with zero attached hydrogens (tertiary/aromatic N) is 1. The fourth-order valence-corrected chi connectivity index (χ4v) is 3.25. The van der Waals surface area contributed by atoms with Crippen LogP contribution in [0.5, 0.6) is 0 Å². The van der Waals surface area contributed by atoms with Gasteiger partial charge >= 0.3 is 0 Å². The molecule has 0 radical (unpaired) electrons. The summed E-state index contributed by atoms with van der Waals surface area (Å²) < 4.78 is 0.801. The monoisotopic (exact) mass is 289 g/mol. The van der Waals surface area contributed by atoms with Crippen LogP contribution < -0.4 is 5.32 Å². The highest BCUT2D eigenvalue weighted by atomic mass is 16.2. The number of carbonyl (C=O) groups is 1. The number of carbonyl (C=O) groups excluding carboxylic acids is 1. The lowest BCUT2D eigenvalue weighted by atomic mass is 10.0. The molecule has 1 aromatic rings. The van der Waals surface area contributed by atoms with Crippen LogP contribution in [0.3, 0.4) is 0 Å². The lowest BCUT2D eigenvalue weighted by Crippen LogP contribution is -2.51. The summed E-state index contributed by atoms with van der Waals surface area (Å²) in [5.74, 6) is 0.636. The molecule has 0 spiro atoms. The molecule has 1 aliphatic rings. The molecule has 1 aliphatic carbocycles. The molecule has 0 unspecified atom stereocenters. The quantitative estimate of drug-likeness (QED) is 0.821. The van der Waals surface area contributed by atoms with E-state index in [0.717, 1.165) is 10.2 Å². The van der Waals surface area contributed by atoms with Crippen molar-refractivity contribution in [3.8, 4) is 0 Å². The van der Waals surface area contributed by atoms with Crippen molar-refractivity contribution in [1.29, 1.82) is 0 Å². The molecule has 0 bridgehead atoms. The summed E-state index contributed by atoms with van der Waals surface area (Å²) in [4.78, 5) is 12.3. The van der Waals surface area contributed by atoms with E-state index in [1.165, 1.54) is 31.2 Å². The van der Waals surface area contributed by atoms with Gasteiger partial charge in [-0.05, 0) is 49.3 Å². The highest BCUT2D eigenvalue weighted by Crippen LogP contribution is 2.26. The second kappa shape index (κ2) is 6.61. The molecule has 0 saturated heterocycles. The van der Waals surface area contributed by atoms with Gasteiger partial charge in [-0.15, -0.1) is 0 Å². The molecule has 1 saturated carbocycles. The van der Waals surface area contributed by atoms with Gasteiger partial charge in [0.05, 0.1) is 20.1 Å². The third kappa shape index (κ3) is 4.31. The Labute approximate surface area is 128 Å². The minimum Gasteiger partial charge on any atom is -0.321 e. The van der Waals surface area contributed by atoms with E-state index in [-0.39, 0.29) is 5.91 Å². The predicted molar refractivity (Wildman–Crippen MR) is 88.4 cm³/mol. The van der Waals surface area contributed by atoms with Crippen molar-refractivity contribution in [1.82, 2.24) is 0 Å². The second-order valence-corrected chi connectivity index (χ2v) is 7.20. The molecule has 0 aliphatic heterocycles. The second-order valence-electron chi connectivity index (χ2n) is 7.20. The van der Waals surface area contributed by atoms with Gasteiger partial charge in [0, 0.05) is 5.69 Å². The van der Waals surface area contributed by atoms with Gasteiger partial charge in [-0.1, -0.05) is 26.0 Å². The number of amides is 1. The number of hydrogen-bond acceptors (Lipinski definition) is 1. The van der Waals surface area contributed by atoms with Gasteiger partial charge in [0.2, 0.25) is 0 Å². The standard InChI is InChI=1S/C18H28N2O/c1-14(2)15-9-11-16(12-10-15)19-18(21)13-20(3,4)17-7-5-6-8-17/h9-12,14,17H,5-8,13H2,1-4H3/p+1. The van der Waals surface area contributed by atoms with Crippen LogP contribution >= 0.6 is 0 Å². The Balaban J connectivity index is 1.91. The van der Waals surface area contributed by atoms with Crippen LogP contribution in [-0.4, -0.2) is 37.1 Å². The Morgan fingerprint density at radius 1 is 1.19 bits per heavy atom. The van der Waals surface area contributed by atoms with Crippen LogP contribution in [0.1, 0.15) is 51.0 Å². The molecule has 21 heavy (non-hydrogen) atoms. The topological polar surface area (TPSA) is 29.1 Å². The van der Waals surface area contributed by atoms with E-state index < -0.39 is 0 Å². The van der Waals surface area contributed by atoms with Crippen LogP contribution in [0.2, 0.25) is 0 Å². The Kier molecular flexibility index (Phi) is 5.04. The molecular weight excluding hydrogens is 260 g/mol. The Hall–Kier alpha value is -1.35. The average molecular weight is 289 g/mol. The van der Waals surface area contributed by atoms with Gasteiger partial charge < -0.3 is 9.80 Å². The molecule has 1 N–H and O–H groups in total. The summed E-state index contributed by atoms with van der Waals surface area (Å²) in [7, 11) is 4.36. The van der Waals surface area contributed by atoms with Crippen molar-refractivity contribution in [2.75, 3.05) is 26.0 Å². The van der Waals surface area contributed by atoms with Crippen LogP contribution in [0, 0.1) is 0 Å². The summed E-state index contributed by atoms with van der Waals surface area (Å²) in [6, 6.07) is 8.83. The first-order valence-electron chi connectivity index (χ1n) is 8.11. The average Bonchev–Trinajstić information content (AvgIpc) is 2.93. The fraction of sp³-hybridized carbons (Fsp3) is 0.611. The zero-order chi connectivity index (χ0) is 15.5. The lowest BCUT2D eigenvalue weighted by Gasteiger charge is -2.35. The molecule has 0 atom stereocenters. The zero-order valence-electron chi connectivity index (χ0n) is 13.9. The molecular formula is C18H29N2O+. The molecule has 1 fully saturated rings. The third-order valence-corrected chi connectivity index (χ3v) is 4.73. The van der Waals surface area contributed by atoms with Gasteiger partial charge in [0.1, 0.15) is 0 Å². The first kappa shape index (κ1) is 16.0. The molecule has 1 aromatic carbocycles. The summed E-state index contributed by atoms with van der Waals surface area (Å²) >= 11 is 0. The van der Waals surface area contributed by atoms with E-state index in [0.29, 0.717) is 18.5 Å². The van der Waals surface area contributed by atoms with E-state index in [2.05, 4.69) is 45.4 Å². The highest BCUT2D eigenvalue weighted by Gasteiger charge is 2.32. The van der Waals surface area contributed by atoms with E-state index in [1.807, 2.05) is 12.1 Å². The van der Waals surface area contributed by atoms with Crippen molar-refractivity contribution in [2.45, 2.75) is 51.5 Å². The van der Waals surface area contributed by atoms with Gasteiger partial charge in [-0.3, -0.25) is 4.79 Å². The maximum Gasteiger partial charge on any atom is 0.279 e. The predicted octanol–water partition coefficient (Wildman–Crippen LogP) is 3.77. The van der Waals surface area contributed by atoms with E-state index >= 15 is 0 Å². The number of quaternary nitrogens is 1. The normalized spacial score (nSPS) is 16.4. The molecule has 116 valence electrons. The highest BCUT2D eigenvalue weighted by molar-refractivity contribution is 5.91. The van der Waals surface area contributed by atoms with Crippen LogP contribution in [-0.2, 0) is 4.79 Å². The van der Waals surface area contributed by atoms with Crippen molar-refractivity contribution in [2.24, 2.45) is 0 Å². The summed E-state index contributed by atoms with van der Waals surface area (Å²) in [5, 5.41) is 3.03. The van der Waals surface area contributed by atoms with Crippen molar-refractivity contribution < 1.29 is 9.28 Å². The molecule has 2 rings (SSSR count). The maximum atomic E-state index is 12.3. The van der Waals surface area contributed by atoms with Gasteiger partial charge in [-0.2, -0.15) is 0 Å². The molecule has 1 amide bonds. The maximum absolute atomic E-state index is 12.3. The van der Waals surface area contributed by atoms with Crippen LogP contribution in [0.15, 0.2) is 24.3 Å². The molecule has 3 heteroatoms. The third-order valence-electron chi connectivity index (χ3n) is 4.73. The smallest absolute Gasteiger partial charge is 0.279 e. The van der Waals surface area contributed by atoms with E-state index in [4.69, 9.17) is 0 Å². The van der Waals surface area contributed by atoms with Crippen molar-refractivity contribution in [3.05, 3.63) is 29.8 Å². The number of benzene rings is 1. The number of rotatable bonds is 5. The van der Waals surface area contributed by atoms with Crippen LogP contribution in [0.25, 0.3) is 0 Å². The summed E-state index contributed by atoms with van der Waals surface area (Å²) in [5.41, 5.74) is 2.20. The number of hydrogen-bond donors (Lipinski definition) is 1. The Bertz CT molecular complexity index is 470. The first-order valence-corrected chi connectivity index (χ1v) is 8.11. The van der Waals surface area contributed by atoms with E-state index in [1.54, 1.807) is 0 Å². The number of anilines is 1. The lowest BCUT2D eigenvalue weighted by molar-refractivity contribution is -0.906. The van der Waals surface area contributed by atoms with Gasteiger partial charge in [0.25, 0.3) is 5.91 Å². The molecule has 3 nitrogen and oxygen atoms in total. The molecule has 0 heterocycles. The Morgan fingerprint density at radius 2 is 1.76 bits per heavy atom. The fourth-order valence-electron chi connectivity index (χ4n) is 3.25. The van der Waals surface area contributed by atoms with E-state index in [9.17, 15) is 4.79 Å². The first-order chi connectivity index (χ1) is 9.88. The largest absolute Gasteiger partial charge is 0.321 e. The minimum absolute atomic E-state index is 0.115. The van der Waals surface area contributed by atoms with Gasteiger partial charge in [0.15, 0.2) is 6.54 Å². The SMILES string of the molecule is CC(C)c1ccc(NC(=O)C[N+](C)(C)C2CCCC2)cc1.